The van der Waals surface area contributed by atoms with Crippen molar-refractivity contribution >= 4 is 0 Å². The van der Waals surface area contributed by atoms with Crippen LogP contribution >= 0.6 is 0 Å². The van der Waals surface area contributed by atoms with Gasteiger partial charge in [0.1, 0.15) is 5.82 Å². The Labute approximate surface area is 99.2 Å². The zero-order valence-corrected chi connectivity index (χ0v) is 9.68. The number of nitrogens with zero attached hydrogens (tertiary/aromatic N) is 3. The van der Waals surface area contributed by atoms with Crippen molar-refractivity contribution < 1.29 is 4.39 Å². The van der Waals surface area contributed by atoms with E-state index >= 15 is 0 Å². The summed E-state index contributed by atoms with van der Waals surface area (Å²) in [5.74, 6) is -0.235. The van der Waals surface area contributed by atoms with Gasteiger partial charge in [-0.15, -0.1) is 5.10 Å². The molecule has 17 heavy (non-hydrogen) atoms. The highest BCUT2D eigenvalue weighted by molar-refractivity contribution is 5.16. The Bertz CT molecular complexity index is 478. The lowest BCUT2D eigenvalue weighted by Crippen LogP contribution is -2.08. The predicted octanol–water partition coefficient (Wildman–Crippen LogP) is 1.88. The zero-order valence-electron chi connectivity index (χ0n) is 9.68. The van der Waals surface area contributed by atoms with Crippen molar-refractivity contribution in [2.24, 2.45) is 5.73 Å². The van der Waals surface area contributed by atoms with Crippen molar-refractivity contribution in [2.45, 2.75) is 25.9 Å². The molecule has 90 valence electrons. The fourth-order valence-corrected chi connectivity index (χ4v) is 1.55. The molecule has 0 aliphatic rings. The second-order valence-corrected chi connectivity index (χ2v) is 3.98. The summed E-state index contributed by atoms with van der Waals surface area (Å²) in [6, 6.07) is 6.26. The van der Waals surface area contributed by atoms with Crippen LogP contribution in [-0.4, -0.2) is 15.0 Å². The maximum Gasteiger partial charge on any atom is 0.123 e. The van der Waals surface area contributed by atoms with Gasteiger partial charge in [-0.25, -0.2) is 9.07 Å². The normalized spacial score (nSPS) is 12.6. The average molecular weight is 234 g/mol. The van der Waals surface area contributed by atoms with Crippen LogP contribution in [0.5, 0.6) is 0 Å². The van der Waals surface area contributed by atoms with Gasteiger partial charge in [-0.05, 0) is 24.1 Å². The zero-order chi connectivity index (χ0) is 12.3. The van der Waals surface area contributed by atoms with Crippen LogP contribution in [-0.2, 0) is 6.54 Å². The molecule has 0 bridgehead atoms. The number of nitrogens with two attached hydrogens (primary N) is 1. The topological polar surface area (TPSA) is 56.7 Å². The largest absolute Gasteiger partial charge is 0.323 e. The molecule has 0 aliphatic carbocycles. The van der Waals surface area contributed by atoms with E-state index in [1.807, 2.05) is 13.1 Å². The Hall–Kier alpha value is -1.75. The van der Waals surface area contributed by atoms with Crippen molar-refractivity contribution in [3.05, 3.63) is 47.5 Å². The highest BCUT2D eigenvalue weighted by Crippen LogP contribution is 2.10. The molecule has 2 rings (SSSR count). The van der Waals surface area contributed by atoms with Crippen LogP contribution in [0, 0.1) is 5.82 Å². The summed E-state index contributed by atoms with van der Waals surface area (Å²) in [4.78, 5) is 0. The van der Waals surface area contributed by atoms with Gasteiger partial charge in [0.15, 0.2) is 0 Å². The molecule has 0 spiro atoms. The number of benzene rings is 1. The van der Waals surface area contributed by atoms with E-state index in [0.717, 1.165) is 17.7 Å². The molecule has 0 fully saturated rings. The van der Waals surface area contributed by atoms with E-state index in [4.69, 9.17) is 5.73 Å². The van der Waals surface area contributed by atoms with Crippen LogP contribution in [0.3, 0.4) is 0 Å². The first-order valence-corrected chi connectivity index (χ1v) is 5.59. The number of halogens is 1. The van der Waals surface area contributed by atoms with Gasteiger partial charge in [-0.3, -0.25) is 0 Å². The number of aromatic nitrogens is 3. The van der Waals surface area contributed by atoms with Gasteiger partial charge in [-0.1, -0.05) is 24.3 Å². The molecule has 2 N–H and O–H groups in total. The smallest absolute Gasteiger partial charge is 0.123 e. The molecule has 1 aromatic heterocycles. The van der Waals surface area contributed by atoms with E-state index in [9.17, 15) is 4.39 Å². The molecule has 1 heterocycles. The Morgan fingerprint density at radius 1 is 1.35 bits per heavy atom. The van der Waals surface area contributed by atoms with Crippen LogP contribution in [0.25, 0.3) is 0 Å². The summed E-state index contributed by atoms with van der Waals surface area (Å²) >= 11 is 0. The Morgan fingerprint density at radius 2 is 2.06 bits per heavy atom. The van der Waals surface area contributed by atoms with Gasteiger partial charge < -0.3 is 5.73 Å². The molecule has 0 amide bonds. The van der Waals surface area contributed by atoms with Crippen LogP contribution in [0.2, 0.25) is 0 Å². The molecule has 1 aromatic carbocycles. The number of hydrogen-bond donors (Lipinski definition) is 1. The Kier molecular flexibility index (Phi) is 3.49. The van der Waals surface area contributed by atoms with E-state index in [-0.39, 0.29) is 11.9 Å². The Morgan fingerprint density at radius 3 is 2.71 bits per heavy atom. The van der Waals surface area contributed by atoms with Gasteiger partial charge >= 0.3 is 0 Å². The molecule has 4 nitrogen and oxygen atoms in total. The molecule has 0 aliphatic heterocycles. The van der Waals surface area contributed by atoms with Gasteiger partial charge in [0.2, 0.25) is 0 Å². The summed E-state index contributed by atoms with van der Waals surface area (Å²) in [5.41, 5.74) is 7.62. The predicted molar refractivity (Wildman–Crippen MR) is 62.7 cm³/mol. The molecule has 0 saturated heterocycles. The molecular weight excluding hydrogens is 219 g/mol. The lowest BCUT2D eigenvalue weighted by molar-refractivity contribution is 0.621. The average Bonchev–Trinajstić information content (AvgIpc) is 2.80. The molecule has 1 unspecified atom stereocenters. The first-order chi connectivity index (χ1) is 8.19. The minimum absolute atomic E-state index is 0.0723. The molecule has 0 saturated carbocycles. The SMILES string of the molecule is CCC(N)c1cn(Cc2ccc(F)cc2)nn1. The lowest BCUT2D eigenvalue weighted by atomic mass is 10.2. The van der Waals surface area contributed by atoms with Crippen LogP contribution < -0.4 is 5.73 Å². The van der Waals surface area contributed by atoms with Gasteiger partial charge in [0.05, 0.1) is 24.5 Å². The quantitative estimate of drug-likeness (QED) is 0.878. The standard InChI is InChI=1S/C12H15FN4/c1-2-11(14)12-8-17(16-15-12)7-9-3-5-10(13)6-4-9/h3-6,8,11H,2,7,14H2,1H3. The summed E-state index contributed by atoms with van der Waals surface area (Å²) in [7, 11) is 0. The summed E-state index contributed by atoms with van der Waals surface area (Å²) in [5, 5.41) is 8.01. The molecule has 0 radical (unpaired) electrons. The lowest BCUT2D eigenvalue weighted by Gasteiger charge is -2.02. The van der Waals surface area contributed by atoms with Crippen molar-refractivity contribution in [3.63, 3.8) is 0 Å². The van der Waals surface area contributed by atoms with E-state index in [1.165, 1.54) is 12.1 Å². The van der Waals surface area contributed by atoms with E-state index in [0.29, 0.717) is 6.54 Å². The first kappa shape index (κ1) is 11.7. The highest BCUT2D eigenvalue weighted by atomic mass is 19.1. The van der Waals surface area contributed by atoms with Gasteiger partial charge in [0.25, 0.3) is 0 Å². The third-order valence-corrected chi connectivity index (χ3v) is 2.63. The highest BCUT2D eigenvalue weighted by Gasteiger charge is 2.08. The van der Waals surface area contributed by atoms with E-state index in [2.05, 4.69) is 10.3 Å². The number of hydrogen-bond acceptors (Lipinski definition) is 3. The fourth-order valence-electron chi connectivity index (χ4n) is 1.55. The van der Waals surface area contributed by atoms with Crippen LogP contribution in [0.4, 0.5) is 4.39 Å². The minimum atomic E-state index is -0.235. The molecule has 1 atom stereocenters. The monoisotopic (exact) mass is 234 g/mol. The Balaban J connectivity index is 2.08. The van der Waals surface area contributed by atoms with E-state index < -0.39 is 0 Å². The molecular formula is C12H15FN4. The van der Waals surface area contributed by atoms with Crippen molar-refractivity contribution in [2.75, 3.05) is 0 Å². The maximum absolute atomic E-state index is 12.7. The van der Waals surface area contributed by atoms with Gasteiger partial charge in [0, 0.05) is 0 Å². The van der Waals surface area contributed by atoms with Crippen molar-refractivity contribution in [1.29, 1.82) is 0 Å². The van der Waals surface area contributed by atoms with Crippen LogP contribution in [0.15, 0.2) is 30.5 Å². The maximum atomic E-state index is 12.7. The third kappa shape index (κ3) is 2.88. The van der Waals surface area contributed by atoms with E-state index in [1.54, 1.807) is 16.8 Å². The molecule has 5 heteroatoms. The number of rotatable bonds is 4. The van der Waals surface area contributed by atoms with Crippen molar-refractivity contribution in [3.8, 4) is 0 Å². The second kappa shape index (κ2) is 5.05. The second-order valence-electron chi connectivity index (χ2n) is 3.98. The summed E-state index contributed by atoms with van der Waals surface area (Å²) < 4.78 is 14.4. The van der Waals surface area contributed by atoms with Gasteiger partial charge in [-0.2, -0.15) is 0 Å². The molecule has 2 aromatic rings. The fraction of sp³-hybridized carbons (Fsp3) is 0.333. The first-order valence-electron chi connectivity index (χ1n) is 5.59. The summed E-state index contributed by atoms with van der Waals surface area (Å²) in [6.07, 6.45) is 2.66. The van der Waals surface area contributed by atoms with Crippen molar-refractivity contribution in [1.82, 2.24) is 15.0 Å². The summed E-state index contributed by atoms with van der Waals surface area (Å²) in [6.45, 7) is 2.58. The van der Waals surface area contributed by atoms with Crippen LogP contribution in [0.1, 0.15) is 30.6 Å². The third-order valence-electron chi connectivity index (χ3n) is 2.63. The minimum Gasteiger partial charge on any atom is -0.323 e.